The van der Waals surface area contributed by atoms with E-state index in [1.165, 1.54) is 23.3 Å². The van der Waals surface area contributed by atoms with Gasteiger partial charge in [0.25, 0.3) is 0 Å². The van der Waals surface area contributed by atoms with Crippen LogP contribution in [0.1, 0.15) is 19.2 Å². The third-order valence-corrected chi connectivity index (χ3v) is 9.23. The highest BCUT2D eigenvalue weighted by atomic mass is 19.1. The van der Waals surface area contributed by atoms with Crippen LogP contribution in [0.2, 0.25) is 0 Å². The summed E-state index contributed by atoms with van der Waals surface area (Å²) < 4.78 is 44.7. The van der Waals surface area contributed by atoms with Crippen molar-refractivity contribution in [3.63, 3.8) is 0 Å². The van der Waals surface area contributed by atoms with Gasteiger partial charge in [0.15, 0.2) is 11.5 Å². The Labute approximate surface area is 279 Å². The Hall–Kier alpha value is -5.50. The number of aryl methyl sites for hydroxylation is 1. The number of anilines is 1. The molecule has 1 fully saturated rings. The maximum atomic E-state index is 14.8. The number of imidazole rings is 1. The maximum absolute atomic E-state index is 14.8. The zero-order chi connectivity index (χ0) is 33.8. The van der Waals surface area contributed by atoms with Gasteiger partial charge >= 0.3 is 0 Å². The fourth-order valence-electron chi connectivity index (χ4n) is 7.07. The molecule has 4 aromatic heterocycles. The van der Waals surface area contributed by atoms with E-state index in [1.807, 2.05) is 43.1 Å². The molecule has 1 unspecified atom stereocenters. The van der Waals surface area contributed by atoms with E-state index in [9.17, 15) is 13.6 Å². The number of halogens is 2. The predicted octanol–water partition coefficient (Wildman–Crippen LogP) is 4.72. The Kier molecular flexibility index (Phi) is 7.66. The third kappa shape index (κ3) is 5.41. The number of carbonyl (C=O) groups excluding carboxylic acids is 1. The quantitative estimate of drug-likeness (QED) is 0.264. The molecule has 0 radical (unpaired) electrons. The monoisotopic (exact) mass is 665 g/mol. The smallest absolute Gasteiger partial charge is 0.245 e. The van der Waals surface area contributed by atoms with Crippen LogP contribution in [0.4, 0.5) is 14.6 Å². The molecule has 250 valence electrons. The molecule has 1 amide bonds. The van der Waals surface area contributed by atoms with Crippen LogP contribution < -0.4 is 9.64 Å². The highest BCUT2D eigenvalue weighted by Crippen LogP contribution is 2.35. The van der Waals surface area contributed by atoms with E-state index in [4.69, 9.17) is 14.5 Å². The number of aromatic nitrogens is 7. The van der Waals surface area contributed by atoms with Gasteiger partial charge in [-0.15, -0.1) is 0 Å². The Balaban J connectivity index is 1.22. The number of hydrogen-bond acceptors (Lipinski definition) is 9. The van der Waals surface area contributed by atoms with Crippen LogP contribution in [-0.2, 0) is 16.1 Å². The zero-order valence-electron chi connectivity index (χ0n) is 27.1. The minimum absolute atomic E-state index is 0.0406. The van der Waals surface area contributed by atoms with E-state index in [2.05, 4.69) is 30.7 Å². The number of ether oxygens (including phenoxy) is 2. The molecule has 0 aliphatic carbocycles. The Bertz CT molecular complexity index is 2220. The number of likely N-dealkylation sites (N-methyl/N-ethyl adjacent to an activating group) is 1. The van der Waals surface area contributed by atoms with E-state index in [0.717, 1.165) is 40.1 Å². The van der Waals surface area contributed by atoms with E-state index >= 15 is 0 Å². The molecule has 2 aromatic carbocycles. The van der Waals surface area contributed by atoms with Crippen molar-refractivity contribution < 1.29 is 23.0 Å². The summed E-state index contributed by atoms with van der Waals surface area (Å²) in [6, 6.07) is 10.6. The zero-order valence-corrected chi connectivity index (χ0v) is 27.1. The molecule has 14 heteroatoms. The molecule has 6 aromatic rings. The topological polar surface area (TPSA) is 116 Å². The second kappa shape index (κ2) is 12.2. The molecule has 12 nitrogen and oxygen atoms in total. The van der Waals surface area contributed by atoms with E-state index < -0.39 is 23.8 Å². The van der Waals surface area contributed by atoms with Crippen molar-refractivity contribution in [3.8, 4) is 22.6 Å². The molecule has 8 rings (SSSR count). The second-order valence-corrected chi connectivity index (χ2v) is 12.4. The third-order valence-electron chi connectivity index (χ3n) is 9.23. The van der Waals surface area contributed by atoms with Crippen LogP contribution >= 0.6 is 0 Å². The predicted molar refractivity (Wildman–Crippen MR) is 177 cm³/mol. The lowest BCUT2D eigenvalue weighted by molar-refractivity contribution is -0.133. The largest absolute Gasteiger partial charge is 0.487 e. The lowest BCUT2D eigenvalue weighted by atomic mass is 10.1. The summed E-state index contributed by atoms with van der Waals surface area (Å²) in [5.74, 6) is 0.253. The van der Waals surface area contributed by atoms with Crippen LogP contribution in [0.3, 0.4) is 0 Å². The number of fused-ring (bicyclic) bond motifs is 6. The summed E-state index contributed by atoms with van der Waals surface area (Å²) in [5, 5.41) is 4.89. The van der Waals surface area contributed by atoms with Crippen LogP contribution in [-0.4, -0.2) is 90.1 Å². The van der Waals surface area contributed by atoms with Gasteiger partial charge < -0.3 is 23.8 Å². The average molecular weight is 666 g/mol. The minimum Gasteiger partial charge on any atom is -0.487 e. The molecule has 49 heavy (non-hydrogen) atoms. The number of para-hydroxylation sites is 1. The summed E-state index contributed by atoms with van der Waals surface area (Å²) in [7, 11) is 1.78. The first-order valence-electron chi connectivity index (χ1n) is 16.1. The van der Waals surface area contributed by atoms with Crippen LogP contribution in [0.5, 0.6) is 5.75 Å². The molecule has 0 spiro atoms. The minimum atomic E-state index is -0.781. The fourth-order valence-corrected chi connectivity index (χ4v) is 7.07. The van der Waals surface area contributed by atoms with Crippen molar-refractivity contribution in [2.75, 3.05) is 31.6 Å². The van der Waals surface area contributed by atoms with Crippen molar-refractivity contribution in [2.45, 2.75) is 45.1 Å². The van der Waals surface area contributed by atoms with Gasteiger partial charge in [-0.2, -0.15) is 5.10 Å². The molecule has 2 aliphatic rings. The van der Waals surface area contributed by atoms with Gasteiger partial charge in [-0.25, -0.2) is 28.4 Å². The number of nitrogens with zero attached hydrogens (tertiary/aromatic N) is 9. The Morgan fingerprint density at radius 3 is 2.76 bits per heavy atom. The highest BCUT2D eigenvalue weighted by molar-refractivity contribution is 5.94. The Morgan fingerprint density at radius 1 is 1.04 bits per heavy atom. The molecule has 3 atom stereocenters. The van der Waals surface area contributed by atoms with E-state index in [-0.39, 0.29) is 17.7 Å². The molecule has 6 heterocycles. The number of benzene rings is 2. The summed E-state index contributed by atoms with van der Waals surface area (Å²) >= 11 is 0. The summed E-state index contributed by atoms with van der Waals surface area (Å²) in [6.07, 6.45) is 6.02. The lowest BCUT2D eigenvalue weighted by Crippen LogP contribution is -2.47. The number of carbonyl (C=O) groups is 1. The maximum Gasteiger partial charge on any atom is 0.245 e. The van der Waals surface area contributed by atoms with Crippen molar-refractivity contribution >= 4 is 33.8 Å². The second-order valence-electron chi connectivity index (χ2n) is 12.4. The summed E-state index contributed by atoms with van der Waals surface area (Å²) in [6.45, 7) is 5.53. The molecule has 0 saturated carbocycles. The molecule has 0 N–H and O–H groups in total. The standard InChI is InChI=1S/C35H33F2N9O3/c1-4-48-25-16-43(3)35(47)31-12-24(49-23-10-21(13-38-14-23)26-6-5-7-29-32(26)44(18-25)20(2)42-29)17-45(31)33-27-15-41-46(34(27)40-19-39-33)30-9-8-22(36)11-28(30)37/h5-11,13-15,19,24-25,31H,4,12,16-18H2,1-3H3/t24-,25?,31-/m0/s1. The molecule has 4 bridgehead atoms. The van der Waals surface area contributed by atoms with Gasteiger partial charge in [0.2, 0.25) is 5.91 Å². The lowest BCUT2D eigenvalue weighted by Gasteiger charge is -2.31. The van der Waals surface area contributed by atoms with E-state index in [0.29, 0.717) is 55.3 Å². The van der Waals surface area contributed by atoms with Crippen molar-refractivity contribution in [2.24, 2.45) is 0 Å². The average Bonchev–Trinajstić information content (AvgIpc) is 3.79. The first-order valence-corrected chi connectivity index (χ1v) is 16.1. The van der Waals surface area contributed by atoms with Gasteiger partial charge in [-0.05, 0) is 38.1 Å². The number of rotatable bonds is 4. The normalized spacial score (nSPS) is 19.7. The Morgan fingerprint density at radius 2 is 1.92 bits per heavy atom. The van der Waals surface area contributed by atoms with Crippen molar-refractivity contribution in [3.05, 3.63) is 84.8 Å². The van der Waals surface area contributed by atoms with Crippen LogP contribution in [0.15, 0.2) is 67.4 Å². The molecular formula is C35H33F2N9O3. The van der Waals surface area contributed by atoms with E-state index in [1.54, 1.807) is 18.1 Å². The summed E-state index contributed by atoms with van der Waals surface area (Å²) in [5.41, 5.74) is 4.03. The molecular weight excluding hydrogens is 632 g/mol. The van der Waals surface area contributed by atoms with Gasteiger partial charge in [0.1, 0.15) is 47.4 Å². The molecule has 2 aliphatic heterocycles. The SMILES string of the molecule is CCOC1CN(C)C(=O)[C@@H]2C[C@@H](CN2c2ncnc3c2cnn3-c2ccc(F)cc2F)Oc2cncc(c2)-c2cccc3nc(C)n(c23)C1. The number of hydrogen-bond donors (Lipinski definition) is 0. The van der Waals surface area contributed by atoms with Crippen molar-refractivity contribution in [1.29, 1.82) is 0 Å². The van der Waals surface area contributed by atoms with Crippen LogP contribution in [0.25, 0.3) is 38.9 Å². The van der Waals surface area contributed by atoms with Gasteiger partial charge in [0, 0.05) is 50.0 Å². The molecule has 1 saturated heterocycles. The van der Waals surface area contributed by atoms with Gasteiger partial charge in [0.05, 0.1) is 48.0 Å². The van der Waals surface area contributed by atoms with Gasteiger partial charge in [-0.1, -0.05) is 12.1 Å². The summed E-state index contributed by atoms with van der Waals surface area (Å²) in [4.78, 5) is 36.3. The first-order chi connectivity index (χ1) is 23.8. The number of amides is 1. The van der Waals surface area contributed by atoms with Gasteiger partial charge in [-0.3, -0.25) is 9.78 Å². The fraction of sp³-hybridized carbons (Fsp3) is 0.314. The first kappa shape index (κ1) is 30.8. The number of pyridine rings is 1. The van der Waals surface area contributed by atoms with Crippen LogP contribution in [0, 0.1) is 18.6 Å². The van der Waals surface area contributed by atoms with Crippen molar-refractivity contribution in [1.82, 2.24) is 39.2 Å². The highest BCUT2D eigenvalue weighted by Gasteiger charge is 2.41.